The average Bonchev–Trinajstić information content (AvgIpc) is 2.68. The lowest BCUT2D eigenvalue weighted by Crippen LogP contribution is -2.48. The smallest absolute Gasteiger partial charge is 0.428 e. The Morgan fingerprint density at radius 1 is 1.03 bits per heavy atom. The molecule has 1 atom stereocenters. The van der Waals surface area contributed by atoms with E-state index in [1.165, 1.54) is 0 Å². The molecule has 0 bridgehead atoms. The molecule has 1 N–H and O–H groups in total. The van der Waals surface area contributed by atoms with Crippen molar-refractivity contribution >= 4 is 35.0 Å². The Balaban J connectivity index is 2.24. The number of thiocarbonyl (C=S) groups is 1. The van der Waals surface area contributed by atoms with Gasteiger partial charge in [0.2, 0.25) is 5.91 Å². The van der Waals surface area contributed by atoms with Crippen LogP contribution >= 0.6 is 12.2 Å². The van der Waals surface area contributed by atoms with Crippen molar-refractivity contribution in [3.05, 3.63) is 60.2 Å². The second kappa shape index (κ2) is 11.1. The van der Waals surface area contributed by atoms with Crippen molar-refractivity contribution in [3.8, 4) is 5.75 Å². The number of hydrogen-bond acceptors (Lipinski definition) is 5. The lowest BCUT2D eigenvalue weighted by molar-refractivity contribution is -0.131. The second-order valence-corrected chi connectivity index (χ2v) is 9.31. The van der Waals surface area contributed by atoms with Crippen LogP contribution in [0, 0.1) is 5.92 Å². The summed E-state index contributed by atoms with van der Waals surface area (Å²) in [6, 6.07) is 16.4. The Morgan fingerprint density at radius 2 is 1.62 bits per heavy atom. The van der Waals surface area contributed by atoms with E-state index < -0.39 is 11.8 Å². The van der Waals surface area contributed by atoms with Crippen LogP contribution in [0.5, 0.6) is 5.75 Å². The van der Waals surface area contributed by atoms with E-state index >= 15 is 0 Å². The van der Waals surface area contributed by atoms with Crippen LogP contribution in [-0.2, 0) is 16.1 Å². The topological polar surface area (TPSA) is 67.9 Å². The van der Waals surface area contributed by atoms with Gasteiger partial charge in [-0.3, -0.25) is 4.79 Å². The van der Waals surface area contributed by atoms with Gasteiger partial charge in [-0.2, -0.15) is 0 Å². The molecule has 0 aliphatic heterocycles. The molecule has 0 fully saturated rings. The van der Waals surface area contributed by atoms with Crippen molar-refractivity contribution in [2.75, 3.05) is 5.32 Å². The van der Waals surface area contributed by atoms with Gasteiger partial charge in [-0.05, 0) is 44.4 Å². The fourth-order valence-electron chi connectivity index (χ4n) is 3.22. The molecule has 0 aromatic heterocycles. The van der Waals surface area contributed by atoms with Gasteiger partial charge in [0.25, 0.3) is 0 Å². The zero-order valence-corrected chi connectivity index (χ0v) is 20.4. The summed E-state index contributed by atoms with van der Waals surface area (Å²) in [7, 11) is 0. The first-order chi connectivity index (χ1) is 15.0. The summed E-state index contributed by atoms with van der Waals surface area (Å²) in [4.78, 5) is 26.9. The molecule has 1 unspecified atom stereocenters. The van der Waals surface area contributed by atoms with Gasteiger partial charge in [-0.15, -0.1) is 0 Å². The number of nitrogens with zero attached hydrogens (tertiary/aromatic N) is 1. The fraction of sp³-hybridized carbons (Fsp3) is 0.400. The lowest BCUT2D eigenvalue weighted by atomic mass is 10.0. The molecule has 0 heterocycles. The molecular formula is C25H32N2O4S. The van der Waals surface area contributed by atoms with E-state index in [0.29, 0.717) is 23.0 Å². The molecule has 6 nitrogen and oxygen atoms in total. The van der Waals surface area contributed by atoms with Gasteiger partial charge in [-0.1, -0.05) is 68.5 Å². The van der Waals surface area contributed by atoms with Crippen LogP contribution < -0.4 is 10.1 Å². The van der Waals surface area contributed by atoms with Crippen LogP contribution in [0.25, 0.3) is 0 Å². The monoisotopic (exact) mass is 456 g/mol. The highest BCUT2D eigenvalue weighted by Crippen LogP contribution is 2.27. The SMILES string of the molecule is CC(=O)N(Cc1ccccc1)C(C(=S)Nc1ccccc1OC(=O)OC(C)(C)C)C(C)C. The minimum Gasteiger partial charge on any atom is -0.428 e. The van der Waals surface area contributed by atoms with E-state index in [2.05, 4.69) is 5.32 Å². The number of para-hydroxylation sites is 2. The van der Waals surface area contributed by atoms with E-state index in [-0.39, 0.29) is 17.9 Å². The number of amides is 1. The van der Waals surface area contributed by atoms with Gasteiger partial charge in [0.1, 0.15) is 10.6 Å². The third-order valence-corrected chi connectivity index (χ3v) is 4.91. The fourth-order valence-corrected chi connectivity index (χ4v) is 3.73. The summed E-state index contributed by atoms with van der Waals surface area (Å²) in [5.74, 6) is 0.278. The van der Waals surface area contributed by atoms with Gasteiger partial charge in [0, 0.05) is 13.5 Å². The number of hydrogen-bond donors (Lipinski definition) is 1. The molecule has 2 aromatic carbocycles. The quantitative estimate of drug-likeness (QED) is 0.322. The first-order valence-corrected chi connectivity index (χ1v) is 11.0. The zero-order valence-electron chi connectivity index (χ0n) is 19.5. The standard InChI is InChI=1S/C25H32N2O4S/c1-17(2)22(27(18(3)28)16-19-12-8-7-9-13-19)23(32)26-20-14-10-11-15-21(20)30-24(29)31-25(4,5)6/h7-15,17,22H,16H2,1-6H3,(H,26,32). The van der Waals surface area contributed by atoms with E-state index in [9.17, 15) is 9.59 Å². The molecule has 0 aliphatic rings. The predicted octanol–water partition coefficient (Wildman–Crippen LogP) is 5.81. The summed E-state index contributed by atoms with van der Waals surface area (Å²) in [5, 5.41) is 3.19. The molecule has 0 spiro atoms. The van der Waals surface area contributed by atoms with Crippen LogP contribution in [0.3, 0.4) is 0 Å². The van der Waals surface area contributed by atoms with Crippen molar-refractivity contribution in [1.82, 2.24) is 4.90 Å². The normalized spacial score (nSPS) is 12.1. The van der Waals surface area contributed by atoms with Gasteiger partial charge in [0.05, 0.1) is 11.7 Å². The summed E-state index contributed by atoms with van der Waals surface area (Å²) in [6.45, 7) is 11.3. The van der Waals surface area contributed by atoms with Crippen molar-refractivity contribution < 1.29 is 19.1 Å². The zero-order chi connectivity index (χ0) is 23.9. The molecule has 0 radical (unpaired) electrons. The van der Waals surface area contributed by atoms with Crippen LogP contribution in [-0.4, -0.2) is 33.6 Å². The molecule has 2 rings (SSSR count). The molecule has 7 heteroatoms. The highest BCUT2D eigenvalue weighted by Gasteiger charge is 2.29. The first-order valence-electron chi connectivity index (χ1n) is 10.6. The van der Waals surface area contributed by atoms with Crippen molar-refractivity contribution in [2.45, 2.75) is 59.7 Å². The summed E-state index contributed by atoms with van der Waals surface area (Å²) in [5.41, 5.74) is 0.874. The van der Waals surface area contributed by atoms with Crippen molar-refractivity contribution in [3.63, 3.8) is 0 Å². The molecule has 0 saturated carbocycles. The van der Waals surface area contributed by atoms with Gasteiger partial charge >= 0.3 is 6.16 Å². The van der Waals surface area contributed by atoms with Crippen LogP contribution in [0.15, 0.2) is 54.6 Å². The highest BCUT2D eigenvalue weighted by atomic mass is 32.1. The molecular weight excluding hydrogens is 424 g/mol. The Kier molecular flexibility index (Phi) is 8.78. The van der Waals surface area contributed by atoms with Gasteiger partial charge in [-0.25, -0.2) is 4.79 Å². The predicted molar refractivity (Wildman–Crippen MR) is 131 cm³/mol. The Labute approximate surface area is 195 Å². The van der Waals surface area contributed by atoms with E-state index in [4.69, 9.17) is 21.7 Å². The second-order valence-electron chi connectivity index (χ2n) is 8.87. The van der Waals surface area contributed by atoms with Crippen LogP contribution in [0.2, 0.25) is 0 Å². The summed E-state index contributed by atoms with van der Waals surface area (Å²) >= 11 is 5.73. The number of ether oxygens (including phenoxy) is 2. The maximum absolute atomic E-state index is 12.5. The van der Waals surface area contributed by atoms with Crippen LogP contribution in [0.4, 0.5) is 10.5 Å². The average molecular weight is 457 g/mol. The van der Waals surface area contributed by atoms with Gasteiger partial charge in [0.15, 0.2) is 5.75 Å². The molecule has 0 saturated heterocycles. The minimum absolute atomic E-state index is 0.0570. The number of rotatable bonds is 7. The Bertz CT molecular complexity index is 938. The van der Waals surface area contributed by atoms with E-state index in [1.807, 2.05) is 50.2 Å². The third-order valence-electron chi connectivity index (χ3n) is 4.56. The van der Waals surface area contributed by atoms with Crippen LogP contribution in [0.1, 0.15) is 47.1 Å². The minimum atomic E-state index is -0.799. The molecule has 32 heavy (non-hydrogen) atoms. The van der Waals surface area contributed by atoms with Crippen molar-refractivity contribution in [1.29, 1.82) is 0 Å². The lowest BCUT2D eigenvalue weighted by Gasteiger charge is -2.35. The third kappa shape index (κ3) is 7.64. The maximum Gasteiger partial charge on any atom is 0.514 e. The summed E-state index contributed by atoms with van der Waals surface area (Å²) in [6.07, 6.45) is -0.799. The first kappa shape index (κ1) is 25.3. The van der Waals surface area contributed by atoms with Gasteiger partial charge < -0.3 is 19.7 Å². The number of benzene rings is 2. The number of carbonyl (C=O) groups is 2. The maximum atomic E-state index is 12.5. The molecule has 172 valence electrons. The van der Waals surface area contributed by atoms with Crippen molar-refractivity contribution in [2.24, 2.45) is 5.92 Å². The highest BCUT2D eigenvalue weighted by molar-refractivity contribution is 7.80. The number of carbonyl (C=O) groups excluding carboxylic acids is 2. The largest absolute Gasteiger partial charge is 0.514 e. The van der Waals surface area contributed by atoms with E-state index in [1.54, 1.807) is 50.8 Å². The molecule has 0 aliphatic carbocycles. The summed E-state index contributed by atoms with van der Waals surface area (Å²) < 4.78 is 10.7. The Hall–Kier alpha value is -2.93. The molecule has 1 amide bonds. The van der Waals surface area contributed by atoms with E-state index in [0.717, 1.165) is 5.56 Å². The molecule has 2 aromatic rings. The number of anilines is 1. The number of nitrogens with one attached hydrogen (secondary N) is 1. The Morgan fingerprint density at radius 3 is 2.19 bits per heavy atom.